The van der Waals surface area contributed by atoms with Crippen molar-refractivity contribution in [3.8, 4) is 11.5 Å². The normalized spacial score (nSPS) is 9.68. The first kappa shape index (κ1) is 22.7. The standard InChI is InChI=1S/C15H25NO3.C2H2O4/c1-3-18-14-7-6-8-15(13-14)19-11-5-4-9-16-10-12-17-2;3-1(4)2(5)6/h6-8,13,16H,3-5,9-12H2,1-2H3;(H,3,4)(H,5,6). The zero-order valence-electron chi connectivity index (χ0n) is 14.7. The van der Waals surface area contributed by atoms with Gasteiger partial charge in [0.1, 0.15) is 11.5 Å². The van der Waals surface area contributed by atoms with Crippen molar-refractivity contribution in [2.45, 2.75) is 19.8 Å². The average molecular weight is 357 g/mol. The van der Waals surface area contributed by atoms with Crippen molar-refractivity contribution in [2.24, 2.45) is 0 Å². The van der Waals surface area contributed by atoms with E-state index in [1.807, 2.05) is 31.2 Å². The van der Waals surface area contributed by atoms with E-state index in [1.165, 1.54) is 0 Å². The van der Waals surface area contributed by atoms with Crippen LogP contribution in [0, 0.1) is 0 Å². The highest BCUT2D eigenvalue weighted by atomic mass is 16.5. The average Bonchev–Trinajstić information content (AvgIpc) is 2.58. The van der Waals surface area contributed by atoms with Gasteiger partial charge in [-0.1, -0.05) is 6.07 Å². The lowest BCUT2D eigenvalue weighted by Crippen LogP contribution is -2.20. The number of benzene rings is 1. The summed E-state index contributed by atoms with van der Waals surface area (Å²) in [5.74, 6) is -1.91. The van der Waals surface area contributed by atoms with Crippen LogP contribution in [0.4, 0.5) is 0 Å². The molecule has 0 aliphatic carbocycles. The Morgan fingerprint density at radius 1 is 1.00 bits per heavy atom. The lowest BCUT2D eigenvalue weighted by Gasteiger charge is -2.08. The second kappa shape index (κ2) is 15.2. The molecule has 0 atom stereocenters. The molecule has 8 nitrogen and oxygen atoms in total. The molecule has 3 N–H and O–H groups in total. The van der Waals surface area contributed by atoms with Gasteiger partial charge in [0.15, 0.2) is 0 Å². The minimum Gasteiger partial charge on any atom is -0.494 e. The van der Waals surface area contributed by atoms with Gasteiger partial charge in [0.2, 0.25) is 0 Å². The summed E-state index contributed by atoms with van der Waals surface area (Å²) in [4.78, 5) is 18.2. The van der Waals surface area contributed by atoms with Crippen molar-refractivity contribution in [2.75, 3.05) is 40.0 Å². The number of hydrogen-bond donors (Lipinski definition) is 3. The van der Waals surface area contributed by atoms with Crippen LogP contribution in [0.5, 0.6) is 11.5 Å². The zero-order valence-corrected chi connectivity index (χ0v) is 14.7. The quantitative estimate of drug-likeness (QED) is 0.404. The molecule has 0 fully saturated rings. The Bertz CT molecular complexity index is 482. The monoisotopic (exact) mass is 357 g/mol. The first-order valence-electron chi connectivity index (χ1n) is 8.02. The fraction of sp³-hybridized carbons (Fsp3) is 0.529. The molecule has 0 spiro atoms. The second-order valence-corrected chi connectivity index (χ2v) is 4.82. The van der Waals surface area contributed by atoms with Crippen LogP contribution in [0.15, 0.2) is 24.3 Å². The minimum atomic E-state index is -1.82. The van der Waals surface area contributed by atoms with Crippen LogP contribution >= 0.6 is 0 Å². The first-order valence-corrected chi connectivity index (χ1v) is 8.02. The SMILES string of the molecule is CCOc1cccc(OCCCCNCCOC)c1.O=C(O)C(=O)O. The molecule has 1 aromatic carbocycles. The Kier molecular flexibility index (Phi) is 13.8. The smallest absolute Gasteiger partial charge is 0.414 e. The van der Waals surface area contributed by atoms with Crippen LogP contribution in [-0.2, 0) is 14.3 Å². The minimum absolute atomic E-state index is 0.677. The fourth-order valence-corrected chi connectivity index (χ4v) is 1.66. The number of methoxy groups -OCH3 is 1. The van der Waals surface area contributed by atoms with Gasteiger partial charge in [-0.25, -0.2) is 9.59 Å². The Balaban J connectivity index is 0.000000823. The van der Waals surface area contributed by atoms with Gasteiger partial charge in [-0.2, -0.15) is 0 Å². The van der Waals surface area contributed by atoms with E-state index in [4.69, 9.17) is 34.0 Å². The van der Waals surface area contributed by atoms with Gasteiger partial charge in [0.25, 0.3) is 0 Å². The van der Waals surface area contributed by atoms with Gasteiger partial charge in [-0.15, -0.1) is 0 Å². The summed E-state index contributed by atoms with van der Waals surface area (Å²) in [5, 5.41) is 18.1. The van der Waals surface area contributed by atoms with Crippen molar-refractivity contribution >= 4 is 11.9 Å². The molecule has 0 aromatic heterocycles. The number of unbranched alkanes of at least 4 members (excludes halogenated alkanes) is 1. The summed E-state index contributed by atoms with van der Waals surface area (Å²) in [6.07, 6.45) is 2.15. The Hall–Kier alpha value is -2.32. The van der Waals surface area contributed by atoms with Gasteiger partial charge >= 0.3 is 11.9 Å². The van der Waals surface area contributed by atoms with Gasteiger partial charge in [-0.05, 0) is 38.4 Å². The molecule has 0 heterocycles. The lowest BCUT2D eigenvalue weighted by molar-refractivity contribution is -0.159. The summed E-state index contributed by atoms with van der Waals surface area (Å²) in [7, 11) is 1.71. The molecule has 0 bridgehead atoms. The topological polar surface area (TPSA) is 114 Å². The van der Waals surface area contributed by atoms with E-state index in [1.54, 1.807) is 7.11 Å². The molecule has 0 unspecified atom stereocenters. The molecular weight excluding hydrogens is 330 g/mol. The van der Waals surface area contributed by atoms with Crippen LogP contribution in [0.2, 0.25) is 0 Å². The number of carboxylic acid groups (broad SMARTS) is 2. The molecule has 0 saturated heterocycles. The van der Waals surface area contributed by atoms with Gasteiger partial charge in [0.05, 0.1) is 19.8 Å². The summed E-state index contributed by atoms with van der Waals surface area (Å²) in [5.41, 5.74) is 0. The molecule has 0 saturated carbocycles. The van der Waals surface area contributed by atoms with Gasteiger partial charge < -0.3 is 29.7 Å². The number of carboxylic acids is 2. The zero-order chi connectivity index (χ0) is 18.9. The van der Waals surface area contributed by atoms with Crippen LogP contribution in [-0.4, -0.2) is 62.2 Å². The van der Waals surface area contributed by atoms with E-state index in [0.717, 1.165) is 50.6 Å². The summed E-state index contributed by atoms with van der Waals surface area (Å²) >= 11 is 0. The molecule has 0 aliphatic heterocycles. The largest absolute Gasteiger partial charge is 0.494 e. The summed E-state index contributed by atoms with van der Waals surface area (Å²) in [6, 6.07) is 7.78. The number of aliphatic carboxylic acids is 2. The van der Waals surface area contributed by atoms with Crippen molar-refractivity contribution in [3.63, 3.8) is 0 Å². The maximum absolute atomic E-state index is 9.10. The van der Waals surface area contributed by atoms with Gasteiger partial charge in [0, 0.05) is 19.7 Å². The lowest BCUT2D eigenvalue weighted by atomic mass is 10.3. The molecule has 1 rings (SSSR count). The van der Waals surface area contributed by atoms with E-state index in [2.05, 4.69) is 5.32 Å². The number of rotatable bonds is 11. The molecule has 0 radical (unpaired) electrons. The third-order valence-corrected chi connectivity index (χ3v) is 2.80. The molecular formula is C17H27NO7. The molecule has 0 aliphatic rings. The third-order valence-electron chi connectivity index (χ3n) is 2.80. The van der Waals surface area contributed by atoms with E-state index in [-0.39, 0.29) is 0 Å². The predicted octanol–water partition coefficient (Wildman–Crippen LogP) is 1.64. The summed E-state index contributed by atoms with van der Waals surface area (Å²) in [6.45, 7) is 6.07. The van der Waals surface area contributed by atoms with E-state index in [9.17, 15) is 0 Å². The highest BCUT2D eigenvalue weighted by Crippen LogP contribution is 2.19. The van der Waals surface area contributed by atoms with Crippen molar-refractivity contribution in [3.05, 3.63) is 24.3 Å². The van der Waals surface area contributed by atoms with E-state index >= 15 is 0 Å². The fourth-order valence-electron chi connectivity index (χ4n) is 1.66. The molecule has 25 heavy (non-hydrogen) atoms. The van der Waals surface area contributed by atoms with Crippen LogP contribution < -0.4 is 14.8 Å². The third kappa shape index (κ3) is 13.8. The number of nitrogens with one attached hydrogen (secondary N) is 1. The van der Waals surface area contributed by atoms with Crippen molar-refractivity contribution in [1.29, 1.82) is 0 Å². The van der Waals surface area contributed by atoms with E-state index < -0.39 is 11.9 Å². The first-order chi connectivity index (χ1) is 12.0. The van der Waals surface area contributed by atoms with Crippen LogP contribution in [0.25, 0.3) is 0 Å². The number of hydrogen-bond acceptors (Lipinski definition) is 6. The maximum atomic E-state index is 9.10. The Labute approximate surface area is 147 Å². The van der Waals surface area contributed by atoms with Crippen molar-refractivity contribution < 1.29 is 34.0 Å². The summed E-state index contributed by atoms with van der Waals surface area (Å²) < 4.78 is 16.1. The highest BCUT2D eigenvalue weighted by molar-refractivity contribution is 6.27. The Morgan fingerprint density at radius 3 is 2.20 bits per heavy atom. The van der Waals surface area contributed by atoms with Crippen LogP contribution in [0.3, 0.4) is 0 Å². The predicted molar refractivity (Wildman–Crippen MR) is 92.4 cm³/mol. The maximum Gasteiger partial charge on any atom is 0.414 e. The molecule has 142 valence electrons. The Morgan fingerprint density at radius 2 is 1.64 bits per heavy atom. The molecule has 0 amide bonds. The van der Waals surface area contributed by atoms with Crippen LogP contribution in [0.1, 0.15) is 19.8 Å². The van der Waals surface area contributed by atoms with Gasteiger partial charge in [-0.3, -0.25) is 0 Å². The van der Waals surface area contributed by atoms with E-state index in [0.29, 0.717) is 6.61 Å². The number of ether oxygens (including phenoxy) is 3. The molecule has 1 aromatic rings. The second-order valence-electron chi connectivity index (χ2n) is 4.82. The number of carbonyl (C=O) groups is 2. The highest BCUT2D eigenvalue weighted by Gasteiger charge is 2.04. The van der Waals surface area contributed by atoms with Crippen molar-refractivity contribution in [1.82, 2.24) is 5.32 Å². The molecule has 8 heteroatoms.